The lowest BCUT2D eigenvalue weighted by molar-refractivity contribution is 0.531. The molecule has 1 atom stereocenters. The minimum atomic E-state index is -0.943. The van der Waals surface area contributed by atoms with Crippen LogP contribution in [0.3, 0.4) is 0 Å². The molecule has 0 bridgehead atoms. The molecular weight excluding hydrogens is 280 g/mol. The first kappa shape index (κ1) is 20.5. The molecule has 0 saturated carbocycles. The average molecular weight is 319 g/mol. The van der Waals surface area contributed by atoms with E-state index in [4.69, 9.17) is 11.1 Å². The van der Waals surface area contributed by atoms with Gasteiger partial charge in [0.25, 0.3) is 0 Å². The number of hydrogen-bond donors (Lipinski definition) is 0. The minimum Gasteiger partial charge on any atom is -0.172 e. The summed E-state index contributed by atoms with van der Waals surface area (Å²) in [4.78, 5) is 0. The molecule has 122 valence electrons. The third kappa shape index (κ3) is 13.5. The molecule has 20 heavy (non-hydrogen) atoms. The Bertz CT molecular complexity index is 166. The summed E-state index contributed by atoms with van der Waals surface area (Å²) in [5, 5.41) is 0. The molecule has 0 aromatic carbocycles. The summed E-state index contributed by atoms with van der Waals surface area (Å²) in [5.74, 6) is 0. The van der Waals surface area contributed by atoms with E-state index in [1.807, 2.05) is 0 Å². The molecule has 0 aliphatic carbocycles. The summed E-state index contributed by atoms with van der Waals surface area (Å²) in [6.45, 7) is 6.91. The zero-order valence-electron chi connectivity index (χ0n) is 14.4. The number of unbranched alkanes of at least 4 members (excludes halogenated alkanes) is 10. The van der Waals surface area contributed by atoms with Gasteiger partial charge in [0.2, 0.25) is 0 Å². The highest BCUT2D eigenvalue weighted by Crippen LogP contribution is 2.28. The summed E-state index contributed by atoms with van der Waals surface area (Å²) in [5.41, 5.74) is 0.897. The quantitative estimate of drug-likeness (QED) is 0.167. The summed E-state index contributed by atoms with van der Waals surface area (Å²) < 4.78 is 0. The van der Waals surface area contributed by atoms with E-state index >= 15 is 0 Å². The zero-order valence-corrected chi connectivity index (χ0v) is 16.3. The molecule has 0 saturated heterocycles. The molecule has 0 fully saturated rings. The van der Waals surface area contributed by atoms with Crippen molar-refractivity contribution in [2.75, 3.05) is 0 Å². The van der Waals surface area contributed by atoms with Crippen molar-refractivity contribution in [3.8, 4) is 0 Å². The monoisotopic (exact) mass is 318 g/mol. The molecule has 0 aliphatic heterocycles. The van der Waals surface area contributed by atoms with Crippen LogP contribution in [0.1, 0.15) is 104 Å². The van der Waals surface area contributed by atoms with E-state index < -0.39 is 8.11 Å². The molecule has 0 spiro atoms. The Balaban J connectivity index is 3.51. The molecule has 0 aromatic heterocycles. The largest absolute Gasteiger partial charge is 0.172 e. The highest BCUT2D eigenvalue weighted by Gasteiger charge is 2.15. The van der Waals surface area contributed by atoms with Crippen molar-refractivity contribution in [3.05, 3.63) is 0 Å². The van der Waals surface area contributed by atoms with E-state index in [2.05, 4.69) is 20.4 Å². The number of halogens is 1. The van der Waals surface area contributed by atoms with Crippen LogP contribution in [0.5, 0.6) is 0 Å². The average Bonchev–Trinajstić information content (AvgIpc) is 2.43. The van der Waals surface area contributed by atoms with Gasteiger partial charge in [-0.15, -0.1) is 0 Å². The normalized spacial score (nSPS) is 13.1. The van der Waals surface area contributed by atoms with Gasteiger partial charge in [0.1, 0.15) is 8.11 Å². The predicted molar refractivity (Wildman–Crippen MR) is 98.6 cm³/mol. The van der Waals surface area contributed by atoms with Crippen molar-refractivity contribution >= 4 is 19.2 Å². The van der Waals surface area contributed by atoms with Gasteiger partial charge in [-0.05, 0) is 5.54 Å². The summed E-state index contributed by atoms with van der Waals surface area (Å²) >= 11 is 6.51. The van der Waals surface area contributed by atoms with Gasteiger partial charge in [-0.2, -0.15) is 11.1 Å². The highest BCUT2D eigenvalue weighted by molar-refractivity contribution is 7.07. The van der Waals surface area contributed by atoms with Crippen LogP contribution in [-0.4, -0.2) is 8.11 Å². The van der Waals surface area contributed by atoms with E-state index in [1.54, 1.807) is 0 Å². The van der Waals surface area contributed by atoms with E-state index in [0.29, 0.717) is 0 Å². The topological polar surface area (TPSA) is 0 Å². The zero-order chi connectivity index (χ0) is 15.1. The van der Waals surface area contributed by atoms with Crippen LogP contribution in [0, 0.1) is 0 Å². The fourth-order valence-corrected chi connectivity index (χ4v) is 5.12. The highest BCUT2D eigenvalue weighted by atomic mass is 35.6. The molecule has 0 amide bonds. The SMILES string of the molecule is CCCCCCCCC(CCCCCCCC)[SiH](C)Cl. The summed E-state index contributed by atoms with van der Waals surface area (Å²) in [6.07, 6.45) is 19.8. The maximum atomic E-state index is 6.51. The third-order valence-electron chi connectivity index (χ3n) is 4.51. The molecule has 0 rings (SSSR count). The molecule has 0 N–H and O–H groups in total. The lowest BCUT2D eigenvalue weighted by Gasteiger charge is -2.18. The molecule has 0 radical (unpaired) electrons. The molecule has 0 nitrogen and oxygen atoms in total. The summed E-state index contributed by atoms with van der Waals surface area (Å²) in [7, 11) is -0.943. The van der Waals surface area contributed by atoms with Crippen molar-refractivity contribution in [2.24, 2.45) is 0 Å². The van der Waals surface area contributed by atoms with Crippen LogP contribution < -0.4 is 0 Å². The maximum absolute atomic E-state index is 6.51. The first-order valence-corrected chi connectivity index (χ1v) is 12.9. The fourth-order valence-electron chi connectivity index (χ4n) is 2.98. The Hall–Kier alpha value is 0.507. The molecular formula is C18H39ClSi. The lowest BCUT2D eigenvalue weighted by atomic mass is 10.0. The predicted octanol–water partition coefficient (Wildman–Crippen LogP) is 7.45. The van der Waals surface area contributed by atoms with Gasteiger partial charge in [-0.3, -0.25) is 0 Å². The number of rotatable bonds is 15. The Labute approximate surface area is 135 Å². The second kappa shape index (κ2) is 15.9. The van der Waals surface area contributed by atoms with Crippen molar-refractivity contribution in [1.82, 2.24) is 0 Å². The Morgan fingerprint density at radius 3 is 1.35 bits per heavy atom. The number of hydrogen-bond acceptors (Lipinski definition) is 0. The Morgan fingerprint density at radius 2 is 1.00 bits per heavy atom. The van der Waals surface area contributed by atoms with Gasteiger partial charge >= 0.3 is 0 Å². The second-order valence-electron chi connectivity index (χ2n) is 6.55. The summed E-state index contributed by atoms with van der Waals surface area (Å²) in [6, 6.07) is 0. The standard InChI is InChI=1S/C18H39ClSi/c1-4-6-8-10-12-14-16-18(20(3)19)17-15-13-11-9-7-5-2/h18,20H,4-17H2,1-3H3. The van der Waals surface area contributed by atoms with Crippen molar-refractivity contribution in [3.63, 3.8) is 0 Å². The van der Waals surface area contributed by atoms with Crippen LogP contribution in [0.15, 0.2) is 0 Å². The van der Waals surface area contributed by atoms with Gasteiger partial charge in [0, 0.05) is 0 Å². The second-order valence-corrected chi connectivity index (χ2v) is 10.9. The van der Waals surface area contributed by atoms with Crippen LogP contribution in [-0.2, 0) is 0 Å². The van der Waals surface area contributed by atoms with E-state index in [0.717, 1.165) is 5.54 Å². The Kier molecular flexibility index (Phi) is 16.3. The minimum absolute atomic E-state index is 0.897. The van der Waals surface area contributed by atoms with Gasteiger partial charge in [0.15, 0.2) is 0 Å². The lowest BCUT2D eigenvalue weighted by Crippen LogP contribution is -2.10. The molecule has 0 aliphatic rings. The Morgan fingerprint density at radius 1 is 0.650 bits per heavy atom. The molecule has 1 unspecified atom stereocenters. The van der Waals surface area contributed by atoms with Crippen molar-refractivity contribution in [1.29, 1.82) is 0 Å². The van der Waals surface area contributed by atoms with Crippen LogP contribution in [0.25, 0.3) is 0 Å². The van der Waals surface area contributed by atoms with Gasteiger partial charge < -0.3 is 0 Å². The van der Waals surface area contributed by atoms with Crippen LogP contribution in [0.4, 0.5) is 0 Å². The molecule has 0 aromatic rings. The van der Waals surface area contributed by atoms with E-state index in [1.165, 1.54) is 89.9 Å². The van der Waals surface area contributed by atoms with Crippen LogP contribution >= 0.6 is 11.1 Å². The molecule has 2 heteroatoms. The van der Waals surface area contributed by atoms with E-state index in [9.17, 15) is 0 Å². The smallest absolute Gasteiger partial charge is 0.141 e. The first-order chi connectivity index (χ1) is 9.72. The van der Waals surface area contributed by atoms with Crippen LogP contribution in [0.2, 0.25) is 12.1 Å². The van der Waals surface area contributed by atoms with Crippen molar-refractivity contribution in [2.45, 2.75) is 116 Å². The fraction of sp³-hybridized carbons (Fsp3) is 1.00. The van der Waals surface area contributed by atoms with Gasteiger partial charge in [-0.25, -0.2) is 0 Å². The van der Waals surface area contributed by atoms with E-state index in [-0.39, 0.29) is 0 Å². The third-order valence-corrected chi connectivity index (χ3v) is 7.54. The van der Waals surface area contributed by atoms with Gasteiger partial charge in [0.05, 0.1) is 0 Å². The first-order valence-electron chi connectivity index (χ1n) is 9.36. The van der Waals surface area contributed by atoms with Crippen molar-refractivity contribution < 1.29 is 0 Å². The maximum Gasteiger partial charge on any atom is 0.141 e. The van der Waals surface area contributed by atoms with Gasteiger partial charge in [-0.1, -0.05) is 110 Å². The molecule has 0 heterocycles.